The van der Waals surface area contributed by atoms with Crippen molar-refractivity contribution in [2.24, 2.45) is 0 Å². The summed E-state index contributed by atoms with van der Waals surface area (Å²) in [4.78, 5) is 13.4. The van der Waals surface area contributed by atoms with Crippen molar-refractivity contribution < 1.29 is 0 Å². The number of halogens is 1. The van der Waals surface area contributed by atoms with Crippen LogP contribution in [0.5, 0.6) is 0 Å². The van der Waals surface area contributed by atoms with Crippen LogP contribution >= 0.6 is 22.9 Å². The predicted octanol–water partition coefficient (Wildman–Crippen LogP) is 3.58. The monoisotopic (exact) mass is 367 g/mol. The molecule has 0 aliphatic rings. The molecule has 0 radical (unpaired) electrons. The summed E-state index contributed by atoms with van der Waals surface area (Å²) in [5.41, 5.74) is 2.83. The molecule has 2 aromatic carbocycles. The van der Waals surface area contributed by atoms with Gasteiger partial charge in [-0.25, -0.2) is 4.40 Å². The third-order valence-corrected chi connectivity index (χ3v) is 5.34. The molecule has 0 aliphatic carbocycles. The van der Waals surface area contributed by atoms with E-state index in [-0.39, 0.29) is 5.56 Å². The van der Waals surface area contributed by atoms with Crippen molar-refractivity contribution in [3.8, 4) is 11.4 Å². The van der Waals surface area contributed by atoms with E-state index >= 15 is 0 Å². The molecule has 0 fully saturated rings. The minimum Gasteiger partial charge on any atom is -0.267 e. The van der Waals surface area contributed by atoms with E-state index < -0.39 is 0 Å². The minimum atomic E-state index is -0.125. The largest absolute Gasteiger partial charge is 0.276 e. The Morgan fingerprint density at radius 2 is 1.88 bits per heavy atom. The molecule has 0 bridgehead atoms. The van der Waals surface area contributed by atoms with Gasteiger partial charge in [-0.3, -0.25) is 4.79 Å². The first-order valence-electron chi connectivity index (χ1n) is 7.91. The van der Waals surface area contributed by atoms with Crippen LogP contribution in [0.2, 0.25) is 5.02 Å². The second-order valence-electron chi connectivity index (χ2n) is 5.63. The highest BCUT2D eigenvalue weighted by molar-refractivity contribution is 7.15. The molecule has 4 rings (SSSR count). The number of nitrogens with zero attached hydrogens (tertiary/aromatic N) is 3. The smallest absolute Gasteiger partial charge is 0.267 e. The van der Waals surface area contributed by atoms with Crippen LogP contribution in [0.1, 0.15) is 18.1 Å². The molecule has 6 heteroatoms. The fourth-order valence-electron chi connectivity index (χ4n) is 2.68. The van der Waals surface area contributed by atoms with Gasteiger partial charge in [0.2, 0.25) is 4.96 Å². The third kappa shape index (κ3) is 2.86. The molecular formula is C19H14ClN3OS. The molecule has 0 saturated carbocycles. The number of hydrogen-bond donors (Lipinski definition) is 0. The van der Waals surface area contributed by atoms with Gasteiger partial charge in [-0.2, -0.15) is 0 Å². The topological polar surface area (TPSA) is 47.3 Å². The molecule has 25 heavy (non-hydrogen) atoms. The quantitative estimate of drug-likeness (QED) is 0.556. The van der Waals surface area contributed by atoms with E-state index in [1.165, 1.54) is 21.3 Å². The van der Waals surface area contributed by atoms with Crippen LogP contribution in [0, 0.1) is 0 Å². The number of rotatable bonds is 3. The Kier molecular flexibility index (Phi) is 4.11. The lowest BCUT2D eigenvalue weighted by molar-refractivity contribution is 1.09. The van der Waals surface area contributed by atoms with Crippen molar-refractivity contribution in [1.82, 2.24) is 14.6 Å². The first-order chi connectivity index (χ1) is 12.2. The third-order valence-electron chi connectivity index (χ3n) is 4.05. The van der Waals surface area contributed by atoms with Crippen molar-refractivity contribution in [3.63, 3.8) is 0 Å². The Morgan fingerprint density at radius 3 is 2.60 bits per heavy atom. The number of aryl methyl sites for hydroxylation is 1. The molecule has 4 nitrogen and oxygen atoms in total. The van der Waals surface area contributed by atoms with Gasteiger partial charge in [0, 0.05) is 5.56 Å². The van der Waals surface area contributed by atoms with Crippen LogP contribution in [0.25, 0.3) is 22.4 Å². The molecule has 0 unspecified atom stereocenters. The first kappa shape index (κ1) is 16.0. The average molecular weight is 368 g/mol. The predicted molar refractivity (Wildman–Crippen MR) is 102 cm³/mol. The Morgan fingerprint density at radius 1 is 1.12 bits per heavy atom. The number of benzene rings is 2. The van der Waals surface area contributed by atoms with E-state index in [4.69, 9.17) is 11.6 Å². The normalized spacial score (nSPS) is 12.2. The van der Waals surface area contributed by atoms with Crippen LogP contribution < -0.4 is 10.1 Å². The number of hydrogen-bond acceptors (Lipinski definition) is 4. The van der Waals surface area contributed by atoms with Gasteiger partial charge in [-0.1, -0.05) is 66.3 Å². The molecule has 0 amide bonds. The molecule has 124 valence electrons. The van der Waals surface area contributed by atoms with Gasteiger partial charge >= 0.3 is 0 Å². The average Bonchev–Trinajstić information content (AvgIpc) is 3.17. The maximum Gasteiger partial charge on any atom is 0.276 e. The SMILES string of the molecule is CCc1ccc(/C=c2\sc3nnc(-c4ccccc4Cl)n3c2=O)cc1. The molecule has 4 aromatic rings. The lowest BCUT2D eigenvalue weighted by atomic mass is 10.1. The summed E-state index contributed by atoms with van der Waals surface area (Å²) in [6.07, 6.45) is 2.88. The fourth-order valence-corrected chi connectivity index (χ4v) is 3.81. The van der Waals surface area contributed by atoms with E-state index in [0.29, 0.717) is 25.9 Å². The summed E-state index contributed by atoms with van der Waals surface area (Å²) in [5.74, 6) is 0.475. The molecule has 0 spiro atoms. The zero-order valence-corrected chi connectivity index (χ0v) is 15.0. The molecule has 0 aliphatic heterocycles. The summed E-state index contributed by atoms with van der Waals surface area (Å²) >= 11 is 7.57. The van der Waals surface area contributed by atoms with Gasteiger partial charge in [0.25, 0.3) is 5.56 Å². The maximum absolute atomic E-state index is 12.8. The van der Waals surface area contributed by atoms with Gasteiger partial charge in [-0.15, -0.1) is 10.2 Å². The zero-order valence-electron chi connectivity index (χ0n) is 13.4. The highest BCUT2D eigenvalue weighted by Gasteiger charge is 2.15. The van der Waals surface area contributed by atoms with Crippen molar-refractivity contribution in [1.29, 1.82) is 0 Å². The molecule has 2 aromatic heterocycles. The summed E-state index contributed by atoms with van der Waals surface area (Å²) in [6.45, 7) is 2.12. The van der Waals surface area contributed by atoms with Crippen LogP contribution in [0.15, 0.2) is 53.3 Å². The van der Waals surface area contributed by atoms with Crippen molar-refractivity contribution >= 4 is 34.0 Å². The van der Waals surface area contributed by atoms with Crippen molar-refractivity contribution in [2.45, 2.75) is 13.3 Å². The maximum atomic E-state index is 12.8. The van der Waals surface area contributed by atoms with Gasteiger partial charge in [0.05, 0.1) is 9.55 Å². The first-order valence-corrected chi connectivity index (χ1v) is 9.10. The Hall–Kier alpha value is -2.50. The molecule has 0 N–H and O–H groups in total. The van der Waals surface area contributed by atoms with Crippen LogP contribution in [-0.4, -0.2) is 14.6 Å². The Balaban J connectivity index is 1.88. The fraction of sp³-hybridized carbons (Fsp3) is 0.105. The zero-order chi connectivity index (χ0) is 17.4. The molecule has 0 saturated heterocycles. The lowest BCUT2D eigenvalue weighted by Crippen LogP contribution is -2.23. The number of fused-ring (bicyclic) bond motifs is 1. The van der Waals surface area contributed by atoms with E-state index in [0.717, 1.165) is 12.0 Å². The van der Waals surface area contributed by atoms with E-state index in [1.54, 1.807) is 6.07 Å². The van der Waals surface area contributed by atoms with Gasteiger partial charge in [0.1, 0.15) is 0 Å². The highest BCUT2D eigenvalue weighted by Crippen LogP contribution is 2.25. The standard InChI is InChI=1S/C19H14ClN3OS/c1-2-12-7-9-13(10-8-12)11-16-18(24)23-17(21-22-19(23)25-16)14-5-3-4-6-15(14)20/h3-11H,2H2,1H3/b16-11-. The Labute approximate surface area is 153 Å². The minimum absolute atomic E-state index is 0.125. The van der Waals surface area contributed by atoms with Gasteiger partial charge < -0.3 is 0 Å². The number of thiazole rings is 1. The van der Waals surface area contributed by atoms with Crippen molar-refractivity contribution in [2.75, 3.05) is 0 Å². The van der Waals surface area contributed by atoms with Crippen molar-refractivity contribution in [3.05, 3.63) is 79.6 Å². The van der Waals surface area contributed by atoms with Crippen LogP contribution in [-0.2, 0) is 6.42 Å². The van der Waals surface area contributed by atoms with E-state index in [2.05, 4.69) is 29.3 Å². The van der Waals surface area contributed by atoms with Gasteiger partial charge in [-0.05, 0) is 35.8 Å². The molecular weight excluding hydrogens is 354 g/mol. The summed E-state index contributed by atoms with van der Waals surface area (Å²) in [6, 6.07) is 15.5. The van der Waals surface area contributed by atoms with Crippen LogP contribution in [0.3, 0.4) is 0 Å². The summed E-state index contributed by atoms with van der Waals surface area (Å²) in [7, 11) is 0. The van der Waals surface area contributed by atoms with Gasteiger partial charge in [0.15, 0.2) is 5.82 Å². The molecule has 2 heterocycles. The molecule has 0 atom stereocenters. The summed E-state index contributed by atoms with van der Waals surface area (Å²) < 4.78 is 2.15. The number of aromatic nitrogens is 3. The van der Waals surface area contributed by atoms with E-state index in [9.17, 15) is 4.79 Å². The van der Waals surface area contributed by atoms with Crippen LogP contribution in [0.4, 0.5) is 0 Å². The Bertz CT molecular complexity index is 1160. The summed E-state index contributed by atoms with van der Waals surface area (Å²) in [5, 5.41) is 8.83. The second kappa shape index (κ2) is 6.43. The lowest BCUT2D eigenvalue weighted by Gasteiger charge is -1.99. The highest BCUT2D eigenvalue weighted by atomic mass is 35.5. The second-order valence-corrected chi connectivity index (χ2v) is 7.05. The van der Waals surface area contributed by atoms with E-state index in [1.807, 2.05) is 36.4 Å².